The van der Waals surface area contributed by atoms with E-state index in [0.29, 0.717) is 6.04 Å². The fraction of sp³-hybridized carbons (Fsp3) is 1.00. The van der Waals surface area contributed by atoms with Gasteiger partial charge in [-0.2, -0.15) is 0 Å². The predicted octanol–water partition coefficient (Wildman–Crippen LogP) is 3.03. The molecule has 3 unspecified atom stereocenters. The minimum absolute atomic E-state index is 0.628. The van der Waals surface area contributed by atoms with Gasteiger partial charge in [0.1, 0.15) is 0 Å². The third kappa shape index (κ3) is 3.45. The van der Waals surface area contributed by atoms with Crippen molar-refractivity contribution in [1.29, 1.82) is 0 Å². The van der Waals surface area contributed by atoms with Gasteiger partial charge in [0.25, 0.3) is 0 Å². The Balaban J connectivity index is 1.77. The fourth-order valence-corrected chi connectivity index (χ4v) is 3.74. The Morgan fingerprint density at radius 2 is 1.88 bits per heavy atom. The van der Waals surface area contributed by atoms with Crippen LogP contribution in [0.5, 0.6) is 0 Å². The van der Waals surface area contributed by atoms with Gasteiger partial charge in [0.05, 0.1) is 0 Å². The minimum atomic E-state index is 0.628. The van der Waals surface area contributed by atoms with E-state index in [1.165, 1.54) is 51.6 Å². The van der Waals surface area contributed by atoms with E-state index in [1.807, 2.05) is 0 Å². The van der Waals surface area contributed by atoms with Gasteiger partial charge >= 0.3 is 0 Å². The fourth-order valence-electron chi connectivity index (χ4n) is 3.74. The van der Waals surface area contributed by atoms with Gasteiger partial charge in [-0.15, -0.1) is 0 Å². The molecule has 2 aliphatic rings. The Morgan fingerprint density at radius 1 is 1.12 bits per heavy atom. The summed E-state index contributed by atoms with van der Waals surface area (Å²) in [5.74, 6) is 1.03. The Morgan fingerprint density at radius 3 is 2.65 bits per heavy atom. The van der Waals surface area contributed by atoms with E-state index in [0.717, 1.165) is 18.0 Å². The molecule has 0 aromatic rings. The largest absolute Gasteiger partial charge is 0.314 e. The summed E-state index contributed by atoms with van der Waals surface area (Å²) in [7, 11) is 0. The van der Waals surface area contributed by atoms with Crippen molar-refractivity contribution in [2.24, 2.45) is 5.92 Å². The van der Waals surface area contributed by atoms with Crippen LogP contribution in [0.1, 0.15) is 59.3 Å². The van der Waals surface area contributed by atoms with E-state index in [-0.39, 0.29) is 0 Å². The van der Waals surface area contributed by atoms with E-state index in [9.17, 15) is 0 Å². The van der Waals surface area contributed by atoms with Gasteiger partial charge in [-0.3, -0.25) is 4.90 Å². The molecule has 0 radical (unpaired) electrons. The molecule has 1 aliphatic carbocycles. The maximum Gasteiger partial charge on any atom is 0.0127 e. The Kier molecular flexibility index (Phi) is 4.87. The molecule has 2 fully saturated rings. The van der Waals surface area contributed by atoms with Crippen LogP contribution in [0.2, 0.25) is 0 Å². The molecular weight excluding hydrogens is 208 g/mol. The van der Waals surface area contributed by atoms with E-state index in [1.54, 1.807) is 0 Å². The molecule has 1 saturated heterocycles. The van der Waals surface area contributed by atoms with E-state index in [4.69, 9.17) is 0 Å². The Bertz CT molecular complexity index is 227. The van der Waals surface area contributed by atoms with Crippen molar-refractivity contribution in [2.75, 3.05) is 13.1 Å². The van der Waals surface area contributed by atoms with Crippen molar-refractivity contribution in [3.05, 3.63) is 0 Å². The monoisotopic (exact) mass is 238 g/mol. The summed E-state index contributed by atoms with van der Waals surface area (Å²) in [5.41, 5.74) is 0. The SMILES string of the molecule is CC(C)NCCC(C)N1CCC2CCCCC21. The summed E-state index contributed by atoms with van der Waals surface area (Å²) in [6.07, 6.45) is 8.69. The molecular formula is C15H30N2. The van der Waals surface area contributed by atoms with Gasteiger partial charge in [-0.25, -0.2) is 0 Å². The lowest BCUT2D eigenvalue weighted by molar-refractivity contribution is 0.134. The first kappa shape index (κ1) is 13.4. The third-order valence-corrected chi connectivity index (χ3v) is 4.73. The number of likely N-dealkylation sites (tertiary alicyclic amines) is 1. The minimum Gasteiger partial charge on any atom is -0.314 e. The van der Waals surface area contributed by atoms with Gasteiger partial charge in [0.15, 0.2) is 0 Å². The highest BCUT2D eigenvalue weighted by Crippen LogP contribution is 2.37. The summed E-state index contributed by atoms with van der Waals surface area (Å²) in [6, 6.07) is 2.33. The zero-order chi connectivity index (χ0) is 12.3. The van der Waals surface area contributed by atoms with Gasteiger partial charge in [0, 0.05) is 18.1 Å². The number of nitrogens with zero attached hydrogens (tertiary/aromatic N) is 1. The number of hydrogen-bond acceptors (Lipinski definition) is 2. The van der Waals surface area contributed by atoms with Crippen LogP contribution in [0.15, 0.2) is 0 Å². The summed E-state index contributed by atoms with van der Waals surface area (Å²) < 4.78 is 0. The standard InChI is InChI=1S/C15H30N2/c1-12(2)16-10-8-13(3)17-11-9-14-6-4-5-7-15(14)17/h12-16H,4-11H2,1-3H3. The lowest BCUT2D eigenvalue weighted by Crippen LogP contribution is -2.42. The third-order valence-electron chi connectivity index (χ3n) is 4.73. The van der Waals surface area contributed by atoms with Crippen molar-refractivity contribution in [3.8, 4) is 0 Å². The first-order valence-corrected chi connectivity index (χ1v) is 7.67. The molecule has 100 valence electrons. The lowest BCUT2D eigenvalue weighted by Gasteiger charge is -2.35. The predicted molar refractivity (Wildman–Crippen MR) is 74.3 cm³/mol. The first-order chi connectivity index (χ1) is 8.18. The van der Waals surface area contributed by atoms with E-state index >= 15 is 0 Å². The molecule has 0 aromatic heterocycles. The second-order valence-electron chi connectivity index (χ2n) is 6.38. The van der Waals surface area contributed by atoms with Crippen LogP contribution in [0.25, 0.3) is 0 Å². The van der Waals surface area contributed by atoms with E-state index < -0.39 is 0 Å². The van der Waals surface area contributed by atoms with Crippen LogP contribution in [0.4, 0.5) is 0 Å². The molecule has 0 aromatic carbocycles. The molecule has 1 N–H and O–H groups in total. The van der Waals surface area contributed by atoms with Crippen molar-refractivity contribution in [3.63, 3.8) is 0 Å². The average Bonchev–Trinajstić information content (AvgIpc) is 2.72. The van der Waals surface area contributed by atoms with Crippen molar-refractivity contribution in [1.82, 2.24) is 10.2 Å². The first-order valence-electron chi connectivity index (χ1n) is 7.67. The molecule has 0 spiro atoms. The Hall–Kier alpha value is -0.0800. The molecule has 2 nitrogen and oxygen atoms in total. The summed E-state index contributed by atoms with van der Waals surface area (Å²) in [6.45, 7) is 9.43. The van der Waals surface area contributed by atoms with Crippen molar-refractivity contribution >= 4 is 0 Å². The van der Waals surface area contributed by atoms with E-state index in [2.05, 4.69) is 31.0 Å². The normalized spacial score (nSPS) is 31.8. The summed E-state index contributed by atoms with van der Waals surface area (Å²) in [5, 5.41) is 3.55. The molecule has 2 heteroatoms. The number of nitrogens with one attached hydrogen (secondary N) is 1. The van der Waals surface area contributed by atoms with Gasteiger partial charge in [-0.05, 0) is 51.6 Å². The average molecular weight is 238 g/mol. The number of rotatable bonds is 5. The summed E-state index contributed by atoms with van der Waals surface area (Å²) in [4.78, 5) is 2.81. The topological polar surface area (TPSA) is 15.3 Å². The second-order valence-corrected chi connectivity index (χ2v) is 6.38. The second kappa shape index (κ2) is 6.19. The Labute approximate surface area is 107 Å². The van der Waals surface area contributed by atoms with Crippen LogP contribution in [0.3, 0.4) is 0 Å². The summed E-state index contributed by atoms with van der Waals surface area (Å²) >= 11 is 0. The molecule has 1 aliphatic heterocycles. The van der Waals surface area contributed by atoms with Crippen LogP contribution in [-0.2, 0) is 0 Å². The molecule has 1 saturated carbocycles. The van der Waals surface area contributed by atoms with Crippen LogP contribution >= 0.6 is 0 Å². The van der Waals surface area contributed by atoms with Gasteiger partial charge < -0.3 is 5.32 Å². The maximum atomic E-state index is 3.55. The van der Waals surface area contributed by atoms with Gasteiger partial charge in [0.2, 0.25) is 0 Å². The quantitative estimate of drug-likeness (QED) is 0.792. The molecule has 2 rings (SSSR count). The zero-order valence-electron chi connectivity index (χ0n) is 11.9. The molecule has 17 heavy (non-hydrogen) atoms. The molecule has 0 bridgehead atoms. The van der Waals surface area contributed by atoms with Crippen LogP contribution < -0.4 is 5.32 Å². The number of hydrogen-bond donors (Lipinski definition) is 1. The molecule has 1 heterocycles. The zero-order valence-corrected chi connectivity index (χ0v) is 11.9. The highest BCUT2D eigenvalue weighted by Gasteiger charge is 2.37. The van der Waals surface area contributed by atoms with Crippen LogP contribution in [0, 0.1) is 5.92 Å². The van der Waals surface area contributed by atoms with Crippen molar-refractivity contribution in [2.45, 2.75) is 77.4 Å². The lowest BCUT2D eigenvalue weighted by atomic mass is 9.85. The smallest absolute Gasteiger partial charge is 0.0127 e. The highest BCUT2D eigenvalue weighted by molar-refractivity contribution is 4.92. The molecule has 3 atom stereocenters. The van der Waals surface area contributed by atoms with Crippen LogP contribution in [-0.4, -0.2) is 36.1 Å². The maximum absolute atomic E-state index is 3.55. The molecule has 0 amide bonds. The number of fused-ring (bicyclic) bond motifs is 1. The van der Waals surface area contributed by atoms with Crippen molar-refractivity contribution < 1.29 is 0 Å². The highest BCUT2D eigenvalue weighted by atomic mass is 15.2. The van der Waals surface area contributed by atoms with Gasteiger partial charge in [-0.1, -0.05) is 26.7 Å².